The maximum absolute atomic E-state index is 12.3. The monoisotopic (exact) mass is 512 g/mol. The summed E-state index contributed by atoms with van der Waals surface area (Å²) in [4.78, 5) is 12.3. The number of hydrogen-bond acceptors (Lipinski definition) is 3. The highest BCUT2D eigenvalue weighted by Gasteiger charge is 2.50. The van der Waals surface area contributed by atoms with Crippen LogP contribution in [0.4, 0.5) is 0 Å². The second-order valence-electron chi connectivity index (χ2n) is 11.2. The molecule has 0 amide bonds. The molecule has 0 aromatic heterocycles. The van der Waals surface area contributed by atoms with E-state index in [0.29, 0.717) is 18.4 Å². The average Bonchev–Trinajstić information content (AvgIpc) is 2.92. The minimum Gasteiger partial charge on any atom is -0.458 e. The number of carbonyl (C=O) groups is 1. The number of hydrogen-bond donors (Lipinski definition) is 0. The minimum absolute atomic E-state index is 0.0216. The van der Waals surface area contributed by atoms with Crippen LogP contribution >= 0.6 is 0 Å². The molecular formula is C33H40O3Si. The highest BCUT2D eigenvalue weighted by Crippen LogP contribution is 2.38. The van der Waals surface area contributed by atoms with Gasteiger partial charge in [0.25, 0.3) is 8.32 Å². The Balaban J connectivity index is 1.43. The number of allylic oxidation sites excluding steroid dienone is 1. The molecule has 0 heterocycles. The smallest absolute Gasteiger partial charge is 0.330 e. The zero-order valence-corrected chi connectivity index (χ0v) is 23.4. The second-order valence-corrected chi connectivity index (χ2v) is 15.5. The predicted molar refractivity (Wildman–Crippen MR) is 154 cm³/mol. The van der Waals surface area contributed by atoms with Crippen LogP contribution in [0.1, 0.15) is 52.0 Å². The number of ether oxygens (including phenoxy) is 1. The quantitative estimate of drug-likeness (QED) is 0.182. The standard InChI is InChI=1S/C33H40O3Si/c1-33(2,3)37(30-18-9-5-10-19-30,31-20-11-6-12-21-31)36-26-29-17-13-16-27(24-29)22-23-32(34)35-25-28-14-7-4-8-15-28/h4-12,14-15,18-23,27,29H,13,16-17,24-26H2,1-3H3/b23-22+. The number of esters is 1. The van der Waals surface area contributed by atoms with Gasteiger partial charge in [-0.2, -0.15) is 0 Å². The largest absolute Gasteiger partial charge is 0.458 e. The lowest BCUT2D eigenvalue weighted by Crippen LogP contribution is -2.67. The van der Waals surface area contributed by atoms with Crippen LogP contribution in [-0.2, 0) is 20.6 Å². The van der Waals surface area contributed by atoms with Crippen molar-refractivity contribution >= 4 is 24.7 Å². The van der Waals surface area contributed by atoms with E-state index in [4.69, 9.17) is 9.16 Å². The summed E-state index contributed by atoms with van der Waals surface area (Å²) in [6, 6.07) is 31.5. The van der Waals surface area contributed by atoms with E-state index in [0.717, 1.165) is 31.4 Å². The van der Waals surface area contributed by atoms with Gasteiger partial charge >= 0.3 is 5.97 Å². The van der Waals surface area contributed by atoms with E-state index in [2.05, 4.69) is 87.5 Å². The maximum Gasteiger partial charge on any atom is 0.330 e. The van der Waals surface area contributed by atoms with Crippen LogP contribution in [0.3, 0.4) is 0 Å². The molecule has 4 heteroatoms. The molecule has 37 heavy (non-hydrogen) atoms. The van der Waals surface area contributed by atoms with Gasteiger partial charge in [0.15, 0.2) is 0 Å². The first-order valence-electron chi connectivity index (χ1n) is 13.5. The lowest BCUT2D eigenvalue weighted by atomic mass is 9.82. The average molecular weight is 513 g/mol. The van der Waals surface area contributed by atoms with E-state index in [1.165, 1.54) is 16.8 Å². The summed E-state index contributed by atoms with van der Waals surface area (Å²) < 4.78 is 12.6. The van der Waals surface area contributed by atoms with Gasteiger partial charge in [-0.1, -0.05) is 124 Å². The SMILES string of the molecule is CC(C)(C)[Si](OCC1CCCC(/C=C/C(=O)OCc2ccccc2)C1)(c1ccccc1)c1ccccc1. The van der Waals surface area contributed by atoms with Gasteiger partial charge in [-0.15, -0.1) is 0 Å². The molecule has 0 aliphatic heterocycles. The summed E-state index contributed by atoms with van der Waals surface area (Å²) >= 11 is 0. The van der Waals surface area contributed by atoms with E-state index in [1.54, 1.807) is 6.08 Å². The fraction of sp³-hybridized carbons (Fsp3) is 0.364. The van der Waals surface area contributed by atoms with Crippen molar-refractivity contribution in [3.8, 4) is 0 Å². The molecule has 3 aromatic carbocycles. The maximum atomic E-state index is 12.3. The Labute approximate surface area is 223 Å². The van der Waals surface area contributed by atoms with E-state index < -0.39 is 8.32 Å². The fourth-order valence-corrected chi connectivity index (χ4v) is 10.3. The van der Waals surface area contributed by atoms with Crippen LogP contribution in [0.5, 0.6) is 0 Å². The number of carbonyl (C=O) groups excluding carboxylic acids is 1. The summed E-state index contributed by atoms with van der Waals surface area (Å²) in [5.41, 5.74) is 1.00. The molecule has 0 saturated heterocycles. The Kier molecular flexibility index (Phi) is 9.17. The molecule has 0 spiro atoms. The second kappa shape index (κ2) is 12.5. The molecular weight excluding hydrogens is 472 g/mol. The van der Waals surface area contributed by atoms with Crippen molar-refractivity contribution in [3.05, 3.63) is 109 Å². The van der Waals surface area contributed by atoms with Crippen molar-refractivity contribution in [2.45, 2.75) is 58.1 Å². The summed E-state index contributed by atoms with van der Waals surface area (Å²) in [5.74, 6) is 0.589. The molecule has 1 fully saturated rings. The Morgan fingerprint density at radius 3 is 2.00 bits per heavy atom. The summed E-state index contributed by atoms with van der Waals surface area (Å²) in [5, 5.41) is 2.62. The van der Waals surface area contributed by atoms with Crippen molar-refractivity contribution in [2.24, 2.45) is 11.8 Å². The predicted octanol–water partition coefficient (Wildman–Crippen LogP) is 6.67. The first kappa shape index (κ1) is 27.1. The number of rotatable bonds is 9. The molecule has 0 radical (unpaired) electrons. The lowest BCUT2D eigenvalue weighted by Gasteiger charge is -2.44. The van der Waals surface area contributed by atoms with Crippen LogP contribution < -0.4 is 10.4 Å². The van der Waals surface area contributed by atoms with Crippen molar-refractivity contribution in [2.75, 3.05) is 6.61 Å². The molecule has 0 bridgehead atoms. The van der Waals surface area contributed by atoms with Gasteiger partial charge in [0.2, 0.25) is 0 Å². The Morgan fingerprint density at radius 2 is 1.43 bits per heavy atom. The van der Waals surface area contributed by atoms with Crippen molar-refractivity contribution in [3.63, 3.8) is 0 Å². The Bertz CT molecular complexity index is 1100. The minimum atomic E-state index is -2.53. The van der Waals surface area contributed by atoms with Crippen LogP contribution in [0.15, 0.2) is 103 Å². The van der Waals surface area contributed by atoms with Gasteiger partial charge in [-0.25, -0.2) is 4.79 Å². The van der Waals surface area contributed by atoms with Crippen molar-refractivity contribution < 1.29 is 14.0 Å². The third-order valence-electron chi connectivity index (χ3n) is 7.50. The van der Waals surface area contributed by atoms with E-state index in [-0.39, 0.29) is 11.0 Å². The summed E-state index contributed by atoms with van der Waals surface area (Å²) in [7, 11) is -2.53. The normalized spacial score (nSPS) is 18.6. The molecule has 2 atom stereocenters. The van der Waals surface area contributed by atoms with E-state index in [9.17, 15) is 4.79 Å². The van der Waals surface area contributed by atoms with Crippen LogP contribution in [0, 0.1) is 11.8 Å². The van der Waals surface area contributed by atoms with Crippen molar-refractivity contribution in [1.82, 2.24) is 0 Å². The van der Waals surface area contributed by atoms with Gasteiger partial charge in [0, 0.05) is 12.7 Å². The molecule has 3 aromatic rings. The van der Waals surface area contributed by atoms with Crippen molar-refractivity contribution in [1.29, 1.82) is 0 Å². The first-order valence-corrected chi connectivity index (χ1v) is 15.4. The summed E-state index contributed by atoms with van der Waals surface area (Å²) in [6.45, 7) is 8.03. The molecule has 4 rings (SSSR count). The molecule has 0 N–H and O–H groups in total. The van der Waals surface area contributed by atoms with Gasteiger partial charge < -0.3 is 9.16 Å². The zero-order chi connectivity index (χ0) is 26.1. The Hall–Kier alpha value is -2.95. The molecule has 2 unspecified atom stereocenters. The first-order chi connectivity index (χ1) is 17.9. The highest BCUT2D eigenvalue weighted by molar-refractivity contribution is 6.99. The molecule has 1 aliphatic rings. The molecule has 1 saturated carbocycles. The van der Waals surface area contributed by atoms with Crippen LogP contribution in [0.2, 0.25) is 5.04 Å². The van der Waals surface area contributed by atoms with E-state index in [1.807, 2.05) is 30.3 Å². The highest BCUT2D eigenvalue weighted by atomic mass is 28.4. The van der Waals surface area contributed by atoms with Gasteiger partial charge in [-0.05, 0) is 52.1 Å². The Morgan fingerprint density at radius 1 is 0.865 bits per heavy atom. The lowest BCUT2D eigenvalue weighted by molar-refractivity contribution is -0.139. The van der Waals surface area contributed by atoms with Gasteiger partial charge in [0.05, 0.1) is 0 Å². The van der Waals surface area contributed by atoms with Crippen LogP contribution in [0.25, 0.3) is 0 Å². The fourth-order valence-electron chi connectivity index (χ4n) is 5.65. The van der Waals surface area contributed by atoms with Gasteiger partial charge in [0.1, 0.15) is 6.61 Å². The van der Waals surface area contributed by atoms with Crippen LogP contribution in [-0.4, -0.2) is 20.9 Å². The molecule has 3 nitrogen and oxygen atoms in total. The number of benzene rings is 3. The zero-order valence-electron chi connectivity index (χ0n) is 22.4. The summed E-state index contributed by atoms with van der Waals surface area (Å²) in [6.07, 6.45) is 8.16. The molecule has 194 valence electrons. The topological polar surface area (TPSA) is 35.5 Å². The van der Waals surface area contributed by atoms with E-state index >= 15 is 0 Å². The third kappa shape index (κ3) is 6.88. The third-order valence-corrected chi connectivity index (χ3v) is 12.5. The van der Waals surface area contributed by atoms with Gasteiger partial charge in [-0.3, -0.25) is 0 Å². The molecule has 1 aliphatic carbocycles.